The van der Waals surface area contributed by atoms with E-state index >= 15 is 0 Å². The third-order valence-corrected chi connectivity index (χ3v) is 5.12. The maximum atomic E-state index is 9.54. The number of nitriles is 1. The number of hydrogen-bond acceptors (Lipinski definition) is 6. The van der Waals surface area contributed by atoms with Gasteiger partial charge in [-0.2, -0.15) is 5.26 Å². The van der Waals surface area contributed by atoms with Crippen LogP contribution in [0.15, 0.2) is 60.1 Å². The van der Waals surface area contributed by atoms with Gasteiger partial charge in [-0.15, -0.1) is 11.3 Å². The molecule has 0 aliphatic rings. The van der Waals surface area contributed by atoms with Gasteiger partial charge in [0.1, 0.15) is 28.1 Å². The zero-order valence-corrected chi connectivity index (χ0v) is 17.3. The number of anilines is 1. The summed E-state index contributed by atoms with van der Waals surface area (Å²) < 4.78 is 10.9. The second-order valence-corrected chi connectivity index (χ2v) is 7.17. The van der Waals surface area contributed by atoms with Gasteiger partial charge in [0, 0.05) is 22.8 Å². The van der Waals surface area contributed by atoms with Crippen LogP contribution in [0.4, 0.5) is 5.69 Å². The van der Waals surface area contributed by atoms with Crippen LogP contribution < -0.4 is 14.8 Å². The summed E-state index contributed by atoms with van der Waals surface area (Å²) in [6.45, 7) is 2.86. The van der Waals surface area contributed by atoms with Crippen LogP contribution in [-0.2, 0) is 0 Å². The van der Waals surface area contributed by atoms with Crippen molar-refractivity contribution in [3.8, 4) is 28.8 Å². The number of methoxy groups -OCH3 is 1. The Labute approximate surface area is 175 Å². The molecule has 3 rings (SSSR count). The minimum Gasteiger partial charge on any atom is -0.497 e. The molecule has 148 valence electrons. The molecule has 0 bridgehead atoms. The number of aromatic nitrogens is 1. The Morgan fingerprint density at radius 3 is 2.52 bits per heavy atom. The fraction of sp³-hybridized carbons (Fsp3) is 0.217. The van der Waals surface area contributed by atoms with E-state index in [-0.39, 0.29) is 0 Å². The highest BCUT2D eigenvalue weighted by Gasteiger charge is 2.09. The van der Waals surface area contributed by atoms with Crippen molar-refractivity contribution in [2.45, 2.75) is 19.8 Å². The van der Waals surface area contributed by atoms with Crippen LogP contribution in [0.25, 0.3) is 16.8 Å². The molecule has 0 saturated heterocycles. The standard InChI is InChI=1S/C23H23N3O2S/c1-3-4-13-28-21-11-7-19(8-12-21)25-15-18(14-24)23-26-22(16-29-23)17-5-9-20(27-2)10-6-17/h5-12,15-16,25H,3-4,13H2,1-2H3/b18-15+. The lowest BCUT2D eigenvalue weighted by molar-refractivity contribution is 0.309. The highest BCUT2D eigenvalue weighted by molar-refractivity contribution is 7.11. The molecule has 1 heterocycles. The summed E-state index contributed by atoms with van der Waals surface area (Å²) >= 11 is 1.44. The minimum atomic E-state index is 0.484. The molecule has 6 heteroatoms. The third-order valence-electron chi connectivity index (χ3n) is 4.24. The number of unbranched alkanes of at least 4 members (excludes halogenated alkanes) is 1. The van der Waals surface area contributed by atoms with Gasteiger partial charge < -0.3 is 14.8 Å². The molecule has 0 aliphatic heterocycles. The highest BCUT2D eigenvalue weighted by atomic mass is 32.1. The molecule has 0 aliphatic carbocycles. The number of allylic oxidation sites excluding steroid dienone is 1. The first kappa shape index (κ1) is 20.4. The fourth-order valence-corrected chi connectivity index (χ4v) is 3.37. The van der Waals surface area contributed by atoms with Crippen LogP contribution in [0.5, 0.6) is 11.5 Å². The molecular weight excluding hydrogens is 382 g/mol. The SMILES string of the molecule is CCCCOc1ccc(N/C=C(\C#N)c2nc(-c3ccc(OC)cc3)cs2)cc1. The lowest BCUT2D eigenvalue weighted by atomic mass is 10.2. The number of nitrogens with one attached hydrogen (secondary N) is 1. The third kappa shape index (κ3) is 5.59. The lowest BCUT2D eigenvalue weighted by Crippen LogP contribution is -1.96. The van der Waals surface area contributed by atoms with Crippen molar-refractivity contribution in [3.05, 3.63) is 65.1 Å². The van der Waals surface area contributed by atoms with Crippen LogP contribution in [-0.4, -0.2) is 18.7 Å². The Morgan fingerprint density at radius 2 is 1.86 bits per heavy atom. The van der Waals surface area contributed by atoms with Crippen LogP contribution in [0, 0.1) is 11.3 Å². The molecule has 1 N–H and O–H groups in total. The maximum absolute atomic E-state index is 9.54. The highest BCUT2D eigenvalue weighted by Crippen LogP contribution is 2.27. The normalized spacial score (nSPS) is 11.0. The van der Waals surface area contributed by atoms with Crippen molar-refractivity contribution in [1.29, 1.82) is 5.26 Å². The molecule has 3 aromatic rings. The van der Waals surface area contributed by atoms with Crippen molar-refractivity contribution >= 4 is 22.6 Å². The van der Waals surface area contributed by atoms with Gasteiger partial charge in [0.05, 0.1) is 19.4 Å². The minimum absolute atomic E-state index is 0.484. The number of rotatable bonds is 9. The zero-order chi connectivity index (χ0) is 20.5. The van der Waals surface area contributed by atoms with Crippen LogP contribution in [0.1, 0.15) is 24.8 Å². The van der Waals surface area contributed by atoms with E-state index in [1.54, 1.807) is 13.3 Å². The molecule has 0 spiro atoms. The molecule has 0 atom stereocenters. The van der Waals surface area contributed by atoms with Crippen LogP contribution in [0.3, 0.4) is 0 Å². The summed E-state index contributed by atoms with van der Waals surface area (Å²) in [4.78, 5) is 4.60. The van der Waals surface area contributed by atoms with Gasteiger partial charge in [-0.1, -0.05) is 13.3 Å². The average molecular weight is 406 g/mol. The smallest absolute Gasteiger partial charge is 0.136 e. The quantitative estimate of drug-likeness (QED) is 0.351. The molecule has 2 aromatic carbocycles. The maximum Gasteiger partial charge on any atom is 0.136 e. The van der Waals surface area contributed by atoms with Gasteiger partial charge in [0.15, 0.2) is 0 Å². The molecule has 5 nitrogen and oxygen atoms in total. The molecule has 0 fully saturated rings. The first-order valence-electron chi connectivity index (χ1n) is 9.43. The lowest BCUT2D eigenvalue weighted by Gasteiger charge is -2.06. The molecule has 1 aromatic heterocycles. The van der Waals surface area contributed by atoms with Gasteiger partial charge in [-0.25, -0.2) is 4.98 Å². The topological polar surface area (TPSA) is 67.2 Å². The zero-order valence-electron chi connectivity index (χ0n) is 16.5. The number of thiazole rings is 1. The van der Waals surface area contributed by atoms with Gasteiger partial charge in [-0.05, 0) is 55.0 Å². The summed E-state index contributed by atoms with van der Waals surface area (Å²) in [6.07, 6.45) is 3.84. The van der Waals surface area contributed by atoms with Crippen LogP contribution in [0.2, 0.25) is 0 Å². The second kappa shape index (κ2) is 10.3. The molecule has 0 amide bonds. The van der Waals surface area contributed by atoms with Crippen molar-refractivity contribution < 1.29 is 9.47 Å². The average Bonchev–Trinajstić information content (AvgIpc) is 3.25. The first-order valence-corrected chi connectivity index (χ1v) is 10.3. The van der Waals surface area contributed by atoms with Crippen molar-refractivity contribution in [1.82, 2.24) is 4.98 Å². The van der Waals surface area contributed by atoms with Gasteiger partial charge in [0.25, 0.3) is 0 Å². The monoisotopic (exact) mass is 405 g/mol. The van der Waals surface area contributed by atoms with Gasteiger partial charge in [-0.3, -0.25) is 0 Å². The fourth-order valence-electron chi connectivity index (χ4n) is 2.57. The van der Waals surface area contributed by atoms with E-state index in [2.05, 4.69) is 23.3 Å². The largest absolute Gasteiger partial charge is 0.497 e. The summed E-state index contributed by atoms with van der Waals surface area (Å²) in [7, 11) is 1.64. The number of nitrogens with zero attached hydrogens (tertiary/aromatic N) is 2. The van der Waals surface area contributed by atoms with Crippen molar-refractivity contribution in [2.24, 2.45) is 0 Å². The summed E-state index contributed by atoms with van der Waals surface area (Å²) in [5.41, 5.74) is 3.19. The van der Waals surface area contributed by atoms with E-state index in [1.165, 1.54) is 11.3 Å². The predicted octanol–water partition coefficient (Wildman–Crippen LogP) is 5.97. The summed E-state index contributed by atoms with van der Waals surface area (Å²) in [5.74, 6) is 1.64. The molecule has 0 saturated carbocycles. The van der Waals surface area contributed by atoms with E-state index in [0.29, 0.717) is 10.6 Å². The van der Waals surface area contributed by atoms with Gasteiger partial charge in [0.2, 0.25) is 0 Å². The Hall–Kier alpha value is -3.30. The van der Waals surface area contributed by atoms with Crippen LogP contribution >= 0.6 is 11.3 Å². The number of ether oxygens (including phenoxy) is 2. The molecular formula is C23H23N3O2S. The van der Waals surface area contributed by atoms with E-state index < -0.39 is 0 Å². The van der Waals surface area contributed by atoms with Gasteiger partial charge >= 0.3 is 0 Å². The Bertz CT molecular complexity index is 986. The first-order chi connectivity index (χ1) is 14.2. The molecule has 0 unspecified atom stereocenters. The number of hydrogen-bond donors (Lipinski definition) is 1. The predicted molar refractivity (Wildman–Crippen MR) is 118 cm³/mol. The Balaban J connectivity index is 1.67. The van der Waals surface area contributed by atoms with E-state index in [4.69, 9.17) is 9.47 Å². The van der Waals surface area contributed by atoms with Crippen molar-refractivity contribution in [2.75, 3.05) is 19.0 Å². The Morgan fingerprint density at radius 1 is 1.14 bits per heavy atom. The van der Waals surface area contributed by atoms with Crippen molar-refractivity contribution in [3.63, 3.8) is 0 Å². The molecule has 29 heavy (non-hydrogen) atoms. The Kier molecular flexibility index (Phi) is 7.26. The molecule has 0 radical (unpaired) electrons. The van der Waals surface area contributed by atoms with E-state index in [1.807, 2.05) is 53.9 Å². The number of benzene rings is 2. The summed E-state index contributed by atoms with van der Waals surface area (Å²) in [6, 6.07) is 17.6. The van der Waals surface area contributed by atoms with E-state index in [0.717, 1.165) is 47.9 Å². The second-order valence-electron chi connectivity index (χ2n) is 6.31. The van der Waals surface area contributed by atoms with E-state index in [9.17, 15) is 5.26 Å². The summed E-state index contributed by atoms with van der Waals surface area (Å²) in [5, 5.41) is 15.3.